The van der Waals surface area contributed by atoms with Gasteiger partial charge in [0.2, 0.25) is 0 Å². The highest BCUT2D eigenvalue weighted by molar-refractivity contribution is 5.92. The molecule has 1 aliphatic rings. The third-order valence-electron chi connectivity index (χ3n) is 2.85. The Morgan fingerprint density at radius 1 is 1.50 bits per heavy atom. The van der Waals surface area contributed by atoms with Crippen molar-refractivity contribution in [2.45, 2.75) is 26.0 Å². The fourth-order valence-electron chi connectivity index (χ4n) is 1.87. The molecule has 7 nitrogen and oxygen atoms in total. The van der Waals surface area contributed by atoms with Crippen LogP contribution in [-0.2, 0) is 4.74 Å². The molecule has 0 radical (unpaired) electrons. The molecule has 1 aromatic heterocycles. The standard InChI is InChI=1S/C11H14N2O5/c1-7-6-17-8(2)5-12(7)11(14)9-3-4-10(18-9)13(15)16/h3-4,7-8H,5-6H2,1-2H3. The number of nitrogens with zero attached hydrogens (tertiary/aromatic N) is 2. The van der Waals surface area contributed by atoms with Crippen molar-refractivity contribution in [3.8, 4) is 0 Å². The number of ether oxygens (including phenoxy) is 1. The first-order chi connectivity index (χ1) is 8.49. The van der Waals surface area contributed by atoms with Crippen LogP contribution < -0.4 is 0 Å². The average Bonchev–Trinajstić information content (AvgIpc) is 2.81. The van der Waals surface area contributed by atoms with E-state index in [0.717, 1.165) is 0 Å². The van der Waals surface area contributed by atoms with Crippen molar-refractivity contribution in [3.63, 3.8) is 0 Å². The molecule has 18 heavy (non-hydrogen) atoms. The molecular weight excluding hydrogens is 240 g/mol. The molecule has 2 heterocycles. The van der Waals surface area contributed by atoms with Crippen molar-refractivity contribution in [2.24, 2.45) is 0 Å². The molecule has 0 N–H and O–H groups in total. The molecule has 1 saturated heterocycles. The maximum atomic E-state index is 12.1. The maximum absolute atomic E-state index is 12.1. The highest BCUT2D eigenvalue weighted by atomic mass is 16.6. The van der Waals surface area contributed by atoms with Gasteiger partial charge in [-0.3, -0.25) is 14.9 Å². The predicted octanol–water partition coefficient (Wildman–Crippen LogP) is 1.44. The number of hydrogen-bond donors (Lipinski definition) is 0. The van der Waals surface area contributed by atoms with Crippen LogP contribution in [-0.4, -0.2) is 41.0 Å². The summed E-state index contributed by atoms with van der Waals surface area (Å²) < 4.78 is 10.3. The van der Waals surface area contributed by atoms with E-state index < -0.39 is 10.8 Å². The first-order valence-electron chi connectivity index (χ1n) is 5.66. The second-order valence-electron chi connectivity index (χ2n) is 4.35. The van der Waals surface area contributed by atoms with Crippen LogP contribution in [0.5, 0.6) is 0 Å². The first-order valence-corrected chi connectivity index (χ1v) is 5.66. The van der Waals surface area contributed by atoms with Gasteiger partial charge in [0.05, 0.1) is 24.8 Å². The van der Waals surface area contributed by atoms with Crippen molar-refractivity contribution in [1.82, 2.24) is 4.90 Å². The summed E-state index contributed by atoms with van der Waals surface area (Å²) in [5, 5.41) is 10.5. The molecule has 98 valence electrons. The molecule has 0 spiro atoms. The maximum Gasteiger partial charge on any atom is 0.433 e. The van der Waals surface area contributed by atoms with Crippen molar-refractivity contribution in [2.75, 3.05) is 13.2 Å². The van der Waals surface area contributed by atoms with E-state index in [4.69, 9.17) is 9.15 Å². The van der Waals surface area contributed by atoms with Gasteiger partial charge in [-0.1, -0.05) is 0 Å². The molecule has 2 atom stereocenters. The van der Waals surface area contributed by atoms with E-state index in [2.05, 4.69) is 0 Å². The van der Waals surface area contributed by atoms with Gasteiger partial charge in [0.1, 0.15) is 4.92 Å². The third kappa shape index (κ3) is 2.35. The highest BCUT2D eigenvalue weighted by Gasteiger charge is 2.30. The minimum atomic E-state index is -0.665. The fraction of sp³-hybridized carbons (Fsp3) is 0.545. The number of carbonyl (C=O) groups excluding carboxylic acids is 1. The number of nitro groups is 1. The van der Waals surface area contributed by atoms with Gasteiger partial charge in [0.25, 0.3) is 5.91 Å². The minimum absolute atomic E-state index is 0.0114. The monoisotopic (exact) mass is 254 g/mol. The lowest BCUT2D eigenvalue weighted by molar-refractivity contribution is -0.402. The summed E-state index contributed by atoms with van der Waals surface area (Å²) in [6.45, 7) is 4.64. The Balaban J connectivity index is 2.16. The van der Waals surface area contributed by atoms with Crippen molar-refractivity contribution in [1.29, 1.82) is 0 Å². The van der Waals surface area contributed by atoms with E-state index in [0.29, 0.717) is 13.2 Å². The van der Waals surface area contributed by atoms with Gasteiger partial charge < -0.3 is 14.1 Å². The van der Waals surface area contributed by atoms with Gasteiger partial charge in [-0.05, 0) is 19.9 Å². The van der Waals surface area contributed by atoms with Crippen molar-refractivity contribution in [3.05, 3.63) is 28.0 Å². The number of furan rings is 1. The van der Waals surface area contributed by atoms with Crippen LogP contribution in [0.15, 0.2) is 16.5 Å². The van der Waals surface area contributed by atoms with E-state index in [-0.39, 0.29) is 23.8 Å². The van der Waals surface area contributed by atoms with E-state index in [9.17, 15) is 14.9 Å². The Morgan fingerprint density at radius 3 is 2.83 bits per heavy atom. The number of rotatable bonds is 2. The van der Waals surface area contributed by atoms with Crippen LogP contribution in [0, 0.1) is 10.1 Å². The van der Waals surface area contributed by atoms with Crippen molar-refractivity contribution >= 4 is 11.8 Å². The molecule has 0 bridgehead atoms. The smallest absolute Gasteiger partial charge is 0.395 e. The highest BCUT2D eigenvalue weighted by Crippen LogP contribution is 2.20. The lowest BCUT2D eigenvalue weighted by atomic mass is 10.2. The number of carbonyl (C=O) groups is 1. The van der Waals surface area contributed by atoms with Crippen LogP contribution in [0.4, 0.5) is 5.88 Å². The van der Waals surface area contributed by atoms with E-state index in [1.165, 1.54) is 12.1 Å². The topological polar surface area (TPSA) is 85.8 Å². The van der Waals surface area contributed by atoms with Gasteiger partial charge in [0, 0.05) is 6.54 Å². The molecule has 1 amide bonds. The Hall–Kier alpha value is -1.89. The van der Waals surface area contributed by atoms with Gasteiger partial charge in [-0.2, -0.15) is 0 Å². The van der Waals surface area contributed by atoms with E-state index >= 15 is 0 Å². The van der Waals surface area contributed by atoms with Crippen LogP contribution in [0.25, 0.3) is 0 Å². The number of morpholine rings is 1. The van der Waals surface area contributed by atoms with E-state index in [1.807, 2.05) is 13.8 Å². The average molecular weight is 254 g/mol. The lowest BCUT2D eigenvalue weighted by Gasteiger charge is -2.36. The van der Waals surface area contributed by atoms with Crippen molar-refractivity contribution < 1.29 is 18.9 Å². The molecule has 0 aromatic carbocycles. The Labute approximate surface area is 103 Å². The third-order valence-corrected chi connectivity index (χ3v) is 2.85. The number of amides is 1. The second-order valence-corrected chi connectivity index (χ2v) is 4.35. The summed E-state index contributed by atoms with van der Waals surface area (Å²) in [4.78, 5) is 23.6. The number of hydrogen-bond acceptors (Lipinski definition) is 5. The molecule has 1 fully saturated rings. The summed E-state index contributed by atoms with van der Waals surface area (Å²) in [5.74, 6) is -0.777. The summed E-state index contributed by atoms with van der Waals surface area (Å²) in [6.07, 6.45) is -0.0462. The Morgan fingerprint density at radius 2 is 2.22 bits per heavy atom. The minimum Gasteiger partial charge on any atom is -0.395 e. The van der Waals surface area contributed by atoms with Crippen LogP contribution in [0.1, 0.15) is 24.4 Å². The fourth-order valence-corrected chi connectivity index (χ4v) is 1.87. The molecule has 2 unspecified atom stereocenters. The van der Waals surface area contributed by atoms with Crippen LogP contribution >= 0.6 is 0 Å². The molecule has 1 aromatic rings. The summed E-state index contributed by atoms with van der Waals surface area (Å²) in [5.41, 5.74) is 0. The summed E-state index contributed by atoms with van der Waals surface area (Å²) >= 11 is 0. The Kier molecular flexibility index (Phi) is 3.33. The zero-order valence-corrected chi connectivity index (χ0v) is 10.2. The first kappa shape index (κ1) is 12.6. The predicted molar refractivity (Wildman–Crippen MR) is 61.3 cm³/mol. The second kappa shape index (κ2) is 4.77. The zero-order chi connectivity index (χ0) is 13.3. The Bertz CT molecular complexity index is 470. The molecule has 0 aliphatic carbocycles. The normalized spacial score (nSPS) is 24.0. The molecular formula is C11H14N2O5. The van der Waals surface area contributed by atoms with Crippen LogP contribution in [0.2, 0.25) is 0 Å². The van der Waals surface area contributed by atoms with E-state index in [1.54, 1.807) is 4.90 Å². The molecule has 2 rings (SSSR count). The largest absolute Gasteiger partial charge is 0.433 e. The summed E-state index contributed by atoms with van der Waals surface area (Å²) in [7, 11) is 0. The van der Waals surface area contributed by atoms with Gasteiger partial charge >= 0.3 is 5.88 Å². The SMILES string of the molecule is CC1CN(C(=O)c2ccc([N+](=O)[O-])o2)C(C)CO1. The molecule has 0 saturated carbocycles. The molecule has 1 aliphatic heterocycles. The van der Waals surface area contributed by atoms with Gasteiger partial charge in [0.15, 0.2) is 5.76 Å². The zero-order valence-electron chi connectivity index (χ0n) is 10.2. The van der Waals surface area contributed by atoms with Gasteiger partial charge in [-0.25, -0.2) is 0 Å². The molecule has 7 heteroatoms. The summed E-state index contributed by atoms with van der Waals surface area (Å²) in [6, 6.07) is 2.44. The van der Waals surface area contributed by atoms with Gasteiger partial charge in [-0.15, -0.1) is 0 Å². The lowest BCUT2D eigenvalue weighted by Crippen LogP contribution is -2.50. The quantitative estimate of drug-likeness (QED) is 0.588. The van der Waals surface area contributed by atoms with Crippen LogP contribution in [0.3, 0.4) is 0 Å².